The average molecular weight is 239 g/mol. The predicted octanol–water partition coefficient (Wildman–Crippen LogP) is 2.73. The largest absolute Gasteiger partial charge is 0.495 e. The van der Waals surface area contributed by atoms with Gasteiger partial charge >= 0.3 is 0 Å². The van der Waals surface area contributed by atoms with E-state index >= 15 is 0 Å². The van der Waals surface area contributed by atoms with Crippen LogP contribution in [0.15, 0.2) is 42.5 Å². The summed E-state index contributed by atoms with van der Waals surface area (Å²) in [6.07, 6.45) is 0. The van der Waals surface area contributed by atoms with E-state index in [1.165, 1.54) is 0 Å². The summed E-state index contributed by atoms with van der Waals surface area (Å²) < 4.78 is 5.31. The van der Waals surface area contributed by atoms with Crippen molar-refractivity contribution in [3.8, 4) is 11.8 Å². The molecule has 4 nitrogen and oxygen atoms in total. The highest BCUT2D eigenvalue weighted by Crippen LogP contribution is 2.30. The Labute approximate surface area is 106 Å². The van der Waals surface area contributed by atoms with Crippen LogP contribution in [0.3, 0.4) is 0 Å². The second-order valence-corrected chi connectivity index (χ2v) is 3.72. The van der Waals surface area contributed by atoms with Crippen LogP contribution in [0.2, 0.25) is 0 Å². The van der Waals surface area contributed by atoms with E-state index in [2.05, 4.69) is 4.98 Å². The molecule has 18 heavy (non-hydrogen) atoms. The second-order valence-electron chi connectivity index (χ2n) is 3.72. The fourth-order valence-corrected chi connectivity index (χ4v) is 1.70. The van der Waals surface area contributed by atoms with E-state index in [0.717, 1.165) is 11.4 Å². The van der Waals surface area contributed by atoms with Crippen LogP contribution < -0.4 is 9.64 Å². The van der Waals surface area contributed by atoms with Gasteiger partial charge in [0.1, 0.15) is 23.3 Å². The Hall–Kier alpha value is -2.54. The van der Waals surface area contributed by atoms with Gasteiger partial charge in [0.15, 0.2) is 0 Å². The molecule has 0 N–H and O–H groups in total. The second kappa shape index (κ2) is 5.19. The zero-order chi connectivity index (χ0) is 13.0. The highest BCUT2D eigenvalue weighted by atomic mass is 16.5. The number of nitriles is 1. The molecule has 0 saturated carbocycles. The summed E-state index contributed by atoms with van der Waals surface area (Å²) >= 11 is 0. The predicted molar refractivity (Wildman–Crippen MR) is 70.0 cm³/mol. The molecule has 0 aliphatic carbocycles. The molecule has 0 unspecified atom stereocenters. The topological polar surface area (TPSA) is 49.1 Å². The molecule has 2 rings (SSSR count). The number of hydrogen-bond donors (Lipinski definition) is 0. The lowest BCUT2D eigenvalue weighted by molar-refractivity contribution is 0.415. The third-order valence-electron chi connectivity index (χ3n) is 2.64. The number of anilines is 2. The normalized spacial score (nSPS) is 9.61. The van der Waals surface area contributed by atoms with Crippen molar-refractivity contribution in [2.24, 2.45) is 0 Å². The molecule has 4 heteroatoms. The summed E-state index contributed by atoms with van der Waals surface area (Å²) in [5.74, 6) is 1.47. The Kier molecular flexibility index (Phi) is 3.44. The Morgan fingerprint density at radius 3 is 2.67 bits per heavy atom. The van der Waals surface area contributed by atoms with Crippen molar-refractivity contribution in [1.29, 1.82) is 5.26 Å². The Morgan fingerprint density at radius 1 is 1.17 bits per heavy atom. The summed E-state index contributed by atoms with van der Waals surface area (Å²) in [7, 11) is 3.52. The van der Waals surface area contributed by atoms with Crippen LogP contribution >= 0.6 is 0 Å². The number of hydrogen-bond acceptors (Lipinski definition) is 4. The SMILES string of the molecule is COc1ccccc1N(C)c1cccc(C#N)n1. The molecular formula is C14H13N3O. The van der Waals surface area contributed by atoms with Gasteiger partial charge in [0, 0.05) is 7.05 Å². The van der Waals surface area contributed by atoms with E-state index in [1.54, 1.807) is 13.2 Å². The van der Waals surface area contributed by atoms with Gasteiger partial charge in [-0.3, -0.25) is 0 Å². The van der Waals surface area contributed by atoms with Crippen molar-refractivity contribution in [1.82, 2.24) is 4.98 Å². The Morgan fingerprint density at radius 2 is 1.94 bits per heavy atom. The van der Waals surface area contributed by atoms with E-state index in [9.17, 15) is 0 Å². The average Bonchev–Trinajstić information content (AvgIpc) is 2.46. The van der Waals surface area contributed by atoms with Crippen molar-refractivity contribution < 1.29 is 4.74 Å². The number of nitrogens with zero attached hydrogens (tertiary/aromatic N) is 3. The maximum atomic E-state index is 8.86. The maximum Gasteiger partial charge on any atom is 0.142 e. The minimum atomic E-state index is 0.397. The molecular weight excluding hydrogens is 226 g/mol. The molecule has 0 radical (unpaired) electrons. The highest BCUT2D eigenvalue weighted by Gasteiger charge is 2.10. The van der Waals surface area contributed by atoms with Gasteiger partial charge in [0.2, 0.25) is 0 Å². The van der Waals surface area contributed by atoms with Gasteiger partial charge in [-0.2, -0.15) is 5.26 Å². The van der Waals surface area contributed by atoms with E-state index in [-0.39, 0.29) is 0 Å². The minimum Gasteiger partial charge on any atom is -0.495 e. The molecule has 1 aromatic heterocycles. The van der Waals surface area contributed by atoms with Gasteiger partial charge in [-0.25, -0.2) is 4.98 Å². The molecule has 0 amide bonds. The van der Waals surface area contributed by atoms with E-state index in [4.69, 9.17) is 10.00 Å². The number of benzene rings is 1. The van der Waals surface area contributed by atoms with E-state index in [0.29, 0.717) is 11.5 Å². The van der Waals surface area contributed by atoms with Gasteiger partial charge in [0.05, 0.1) is 12.8 Å². The van der Waals surface area contributed by atoms with Crippen LogP contribution in [0.5, 0.6) is 5.75 Å². The molecule has 0 atom stereocenters. The van der Waals surface area contributed by atoms with Crippen LogP contribution in [0.25, 0.3) is 0 Å². The van der Waals surface area contributed by atoms with Gasteiger partial charge < -0.3 is 9.64 Å². The van der Waals surface area contributed by atoms with Crippen LogP contribution in [0.1, 0.15) is 5.69 Å². The number of rotatable bonds is 3. The van der Waals surface area contributed by atoms with Crippen molar-refractivity contribution in [2.75, 3.05) is 19.1 Å². The number of ether oxygens (including phenoxy) is 1. The molecule has 0 fully saturated rings. The standard InChI is InChI=1S/C14H13N3O/c1-17(12-7-3-4-8-13(12)18-2)14-9-5-6-11(10-15)16-14/h3-9H,1-2H3. The van der Waals surface area contributed by atoms with Crippen molar-refractivity contribution in [3.63, 3.8) is 0 Å². The summed E-state index contributed by atoms with van der Waals surface area (Å²) in [6, 6.07) is 15.1. The van der Waals surface area contributed by atoms with E-state index < -0.39 is 0 Å². The molecule has 1 heterocycles. The molecule has 0 spiro atoms. The number of methoxy groups -OCH3 is 1. The van der Waals surface area contributed by atoms with Crippen LogP contribution in [0.4, 0.5) is 11.5 Å². The van der Waals surface area contributed by atoms with Crippen molar-refractivity contribution >= 4 is 11.5 Å². The lowest BCUT2D eigenvalue weighted by atomic mass is 10.2. The lowest BCUT2D eigenvalue weighted by Crippen LogP contribution is -2.12. The number of aromatic nitrogens is 1. The number of pyridine rings is 1. The first kappa shape index (κ1) is 11.9. The van der Waals surface area contributed by atoms with Gasteiger partial charge in [-0.05, 0) is 24.3 Å². The molecule has 90 valence electrons. The summed E-state index contributed by atoms with van der Waals surface area (Å²) in [5, 5.41) is 8.86. The number of para-hydroxylation sites is 2. The van der Waals surface area contributed by atoms with Gasteiger partial charge in [-0.1, -0.05) is 18.2 Å². The van der Waals surface area contributed by atoms with Gasteiger partial charge in [0.25, 0.3) is 0 Å². The molecule has 0 bridgehead atoms. The lowest BCUT2D eigenvalue weighted by Gasteiger charge is -2.20. The minimum absolute atomic E-state index is 0.397. The smallest absolute Gasteiger partial charge is 0.142 e. The highest BCUT2D eigenvalue weighted by molar-refractivity contribution is 5.66. The van der Waals surface area contributed by atoms with Crippen LogP contribution in [-0.2, 0) is 0 Å². The molecule has 0 saturated heterocycles. The third-order valence-corrected chi connectivity index (χ3v) is 2.64. The first-order chi connectivity index (χ1) is 8.76. The zero-order valence-electron chi connectivity index (χ0n) is 10.3. The zero-order valence-corrected chi connectivity index (χ0v) is 10.3. The molecule has 0 aliphatic rings. The quantitative estimate of drug-likeness (QED) is 0.826. The van der Waals surface area contributed by atoms with Crippen molar-refractivity contribution in [3.05, 3.63) is 48.2 Å². The summed E-state index contributed by atoms with van der Waals surface area (Å²) in [5.41, 5.74) is 1.30. The van der Waals surface area contributed by atoms with E-state index in [1.807, 2.05) is 54.4 Å². The molecule has 2 aromatic rings. The maximum absolute atomic E-state index is 8.86. The first-order valence-electron chi connectivity index (χ1n) is 5.50. The fourth-order valence-electron chi connectivity index (χ4n) is 1.70. The summed E-state index contributed by atoms with van der Waals surface area (Å²) in [6.45, 7) is 0. The summed E-state index contributed by atoms with van der Waals surface area (Å²) in [4.78, 5) is 6.14. The third kappa shape index (κ3) is 2.25. The molecule has 0 aliphatic heterocycles. The monoisotopic (exact) mass is 239 g/mol. The molecule has 1 aromatic carbocycles. The Bertz CT molecular complexity index is 590. The fraction of sp³-hybridized carbons (Fsp3) is 0.143. The Balaban J connectivity index is 2.41. The first-order valence-corrected chi connectivity index (χ1v) is 5.50. The van der Waals surface area contributed by atoms with Crippen LogP contribution in [-0.4, -0.2) is 19.1 Å². The van der Waals surface area contributed by atoms with Crippen molar-refractivity contribution in [2.45, 2.75) is 0 Å². The van der Waals surface area contributed by atoms with Gasteiger partial charge in [-0.15, -0.1) is 0 Å². The van der Waals surface area contributed by atoms with Crippen LogP contribution in [0, 0.1) is 11.3 Å².